The molecule has 1 amide bonds. The van der Waals surface area contributed by atoms with Gasteiger partial charge in [-0.15, -0.1) is 11.3 Å². The monoisotopic (exact) mass is 477 g/mol. The van der Waals surface area contributed by atoms with Crippen molar-refractivity contribution in [3.8, 4) is 16.9 Å². The molecule has 2 aromatic heterocycles. The minimum atomic E-state index is -0.430. The minimum absolute atomic E-state index is 0.0865. The molecule has 0 saturated heterocycles. The first-order valence-corrected chi connectivity index (χ1v) is 11.5. The van der Waals surface area contributed by atoms with Gasteiger partial charge in [-0.25, -0.2) is 18.9 Å². The Labute approximate surface area is 198 Å². The lowest BCUT2D eigenvalue weighted by atomic mass is 10.1. The van der Waals surface area contributed by atoms with E-state index in [1.54, 1.807) is 52.8 Å². The van der Waals surface area contributed by atoms with Crippen LogP contribution in [0.4, 0.5) is 10.1 Å². The average Bonchev–Trinajstić information content (AvgIpc) is 3.33. The molecular formula is C24H17ClFN5OS. The largest absolute Gasteiger partial charge is 0.347 e. The van der Waals surface area contributed by atoms with Crippen molar-refractivity contribution >= 4 is 34.5 Å². The molecular weight excluding hydrogens is 461 g/mol. The number of amides is 1. The second-order valence-electron chi connectivity index (χ2n) is 7.72. The molecule has 1 aliphatic rings. The quantitative estimate of drug-likeness (QED) is 0.339. The molecule has 2 aromatic carbocycles. The molecule has 0 aliphatic heterocycles. The number of rotatable bonds is 6. The van der Waals surface area contributed by atoms with Crippen LogP contribution in [-0.2, 0) is 6.54 Å². The smallest absolute Gasteiger partial charge is 0.263 e. The second-order valence-corrected chi connectivity index (χ2v) is 8.98. The number of aromatic nitrogens is 3. The number of hydrogen-bond donors (Lipinski definition) is 1. The summed E-state index contributed by atoms with van der Waals surface area (Å²) in [5.41, 5.74) is 5.27. The number of carbonyl (C=O) groups excluding carboxylic acids is 1. The molecule has 5 rings (SSSR count). The molecule has 9 heteroatoms. The van der Waals surface area contributed by atoms with Crippen LogP contribution in [-0.4, -0.2) is 20.7 Å². The van der Waals surface area contributed by atoms with Crippen LogP contribution >= 0.6 is 22.9 Å². The molecule has 1 N–H and O–H groups in total. The van der Waals surface area contributed by atoms with Crippen LogP contribution in [0.2, 0.25) is 5.02 Å². The summed E-state index contributed by atoms with van der Waals surface area (Å²) >= 11 is 7.44. The fourth-order valence-electron chi connectivity index (χ4n) is 3.53. The summed E-state index contributed by atoms with van der Waals surface area (Å²) < 4.78 is 16.3. The summed E-state index contributed by atoms with van der Waals surface area (Å²) in [4.78, 5) is 20.8. The maximum atomic E-state index is 14.8. The molecule has 164 valence electrons. The highest BCUT2D eigenvalue weighted by Gasteiger charge is 2.30. The first-order valence-electron chi connectivity index (χ1n) is 10.3. The first-order chi connectivity index (χ1) is 16.0. The number of nitrogens with one attached hydrogen (secondary N) is 1. The normalized spacial score (nSPS) is 13.0. The highest BCUT2D eigenvalue weighted by Crippen LogP contribution is 2.41. The lowest BCUT2D eigenvalue weighted by molar-refractivity contribution is 0.0953. The predicted molar refractivity (Wildman–Crippen MR) is 125 cm³/mol. The van der Waals surface area contributed by atoms with E-state index < -0.39 is 5.82 Å². The fraction of sp³-hybridized carbons (Fsp3) is 0.167. The van der Waals surface area contributed by atoms with Crippen molar-refractivity contribution in [3.05, 3.63) is 92.6 Å². The third kappa shape index (κ3) is 4.38. The molecule has 6 nitrogen and oxygen atoms in total. The number of carbonyl (C=O) groups is 1. The molecule has 1 aliphatic carbocycles. The van der Waals surface area contributed by atoms with Crippen molar-refractivity contribution in [2.75, 3.05) is 0 Å². The van der Waals surface area contributed by atoms with Crippen molar-refractivity contribution in [1.82, 2.24) is 20.1 Å². The Morgan fingerprint density at radius 3 is 2.85 bits per heavy atom. The zero-order valence-corrected chi connectivity index (χ0v) is 18.8. The van der Waals surface area contributed by atoms with Crippen LogP contribution in [0.25, 0.3) is 21.8 Å². The van der Waals surface area contributed by atoms with E-state index in [0.29, 0.717) is 38.4 Å². The van der Waals surface area contributed by atoms with Crippen molar-refractivity contribution in [3.63, 3.8) is 0 Å². The highest BCUT2D eigenvalue weighted by molar-refractivity contribution is 7.11. The van der Waals surface area contributed by atoms with Gasteiger partial charge in [0.15, 0.2) is 0 Å². The van der Waals surface area contributed by atoms with Crippen LogP contribution < -0.4 is 5.32 Å². The van der Waals surface area contributed by atoms with Gasteiger partial charge in [-0.1, -0.05) is 29.8 Å². The van der Waals surface area contributed by atoms with E-state index in [-0.39, 0.29) is 12.5 Å². The summed E-state index contributed by atoms with van der Waals surface area (Å²) in [5, 5.41) is 7.66. The standard InChI is InChI=1S/C24H17ClFN5OS/c1-27-21-7-5-15(10-18(21)25)20-8-9-31(30-20)17-6-4-16(19(26)11-17)12-28-24(32)23-22(14-2-3-14)29-13-33-23/h4-11,13-14H,2-3,12H2,(H,28,32). The third-order valence-corrected chi connectivity index (χ3v) is 6.60. The number of hydrogen-bond acceptors (Lipinski definition) is 4. The van der Waals surface area contributed by atoms with Gasteiger partial charge in [-0.3, -0.25) is 4.79 Å². The SMILES string of the molecule is [C-]#[N+]c1ccc(-c2ccn(-c3ccc(CNC(=O)c4scnc4C4CC4)c(F)c3)n2)cc1Cl. The van der Waals surface area contributed by atoms with Crippen molar-refractivity contribution in [1.29, 1.82) is 0 Å². The topological polar surface area (TPSA) is 64.2 Å². The van der Waals surface area contributed by atoms with Gasteiger partial charge >= 0.3 is 0 Å². The average molecular weight is 478 g/mol. The van der Waals surface area contributed by atoms with Crippen LogP contribution in [0, 0.1) is 12.4 Å². The van der Waals surface area contributed by atoms with E-state index in [1.807, 2.05) is 0 Å². The molecule has 1 saturated carbocycles. The van der Waals surface area contributed by atoms with E-state index >= 15 is 0 Å². The lowest BCUT2D eigenvalue weighted by Gasteiger charge is -2.08. The van der Waals surface area contributed by atoms with Crippen molar-refractivity contribution in [2.24, 2.45) is 0 Å². The van der Waals surface area contributed by atoms with Crippen LogP contribution in [0.3, 0.4) is 0 Å². The van der Waals surface area contributed by atoms with Crippen molar-refractivity contribution in [2.45, 2.75) is 25.3 Å². The van der Waals surface area contributed by atoms with E-state index in [0.717, 1.165) is 24.1 Å². The van der Waals surface area contributed by atoms with Gasteiger partial charge in [-0.2, -0.15) is 5.10 Å². The predicted octanol–water partition coefficient (Wildman–Crippen LogP) is 6.15. The number of nitrogens with zero attached hydrogens (tertiary/aromatic N) is 4. The van der Waals surface area contributed by atoms with Crippen LogP contribution in [0.1, 0.15) is 39.7 Å². The lowest BCUT2D eigenvalue weighted by Crippen LogP contribution is -2.23. The molecule has 1 fully saturated rings. The second kappa shape index (κ2) is 8.77. The molecule has 2 heterocycles. The molecule has 0 spiro atoms. The molecule has 0 unspecified atom stereocenters. The zero-order chi connectivity index (χ0) is 22.9. The maximum absolute atomic E-state index is 14.8. The Balaban J connectivity index is 1.29. The van der Waals surface area contributed by atoms with E-state index in [2.05, 4.69) is 20.2 Å². The molecule has 0 atom stereocenters. The molecule has 4 aromatic rings. The minimum Gasteiger partial charge on any atom is -0.347 e. The van der Waals surface area contributed by atoms with Gasteiger partial charge in [0.05, 0.1) is 29.2 Å². The van der Waals surface area contributed by atoms with E-state index in [1.165, 1.54) is 17.4 Å². The Kier molecular flexibility index (Phi) is 5.67. The summed E-state index contributed by atoms with van der Waals surface area (Å²) in [6, 6.07) is 11.7. The molecule has 0 bridgehead atoms. The fourth-order valence-corrected chi connectivity index (χ4v) is 4.54. The van der Waals surface area contributed by atoms with Crippen LogP contribution in [0.5, 0.6) is 0 Å². The Bertz CT molecular complexity index is 1400. The van der Waals surface area contributed by atoms with Gasteiger partial charge in [0.25, 0.3) is 5.91 Å². The Hall–Kier alpha value is -3.54. The Morgan fingerprint density at radius 2 is 2.12 bits per heavy atom. The van der Waals surface area contributed by atoms with Gasteiger partial charge < -0.3 is 5.32 Å². The third-order valence-electron chi connectivity index (χ3n) is 5.46. The van der Waals surface area contributed by atoms with Crippen molar-refractivity contribution < 1.29 is 9.18 Å². The number of halogens is 2. The summed E-state index contributed by atoms with van der Waals surface area (Å²) in [5.74, 6) is -0.267. The van der Waals surface area contributed by atoms with E-state index in [9.17, 15) is 9.18 Å². The summed E-state index contributed by atoms with van der Waals surface area (Å²) in [7, 11) is 0. The summed E-state index contributed by atoms with van der Waals surface area (Å²) in [6.45, 7) is 7.18. The Morgan fingerprint density at radius 1 is 1.27 bits per heavy atom. The van der Waals surface area contributed by atoms with E-state index in [4.69, 9.17) is 18.2 Å². The molecule has 33 heavy (non-hydrogen) atoms. The maximum Gasteiger partial charge on any atom is 0.263 e. The summed E-state index contributed by atoms with van der Waals surface area (Å²) in [6.07, 6.45) is 3.86. The first kappa shape index (κ1) is 21.3. The number of benzene rings is 2. The highest BCUT2D eigenvalue weighted by atomic mass is 35.5. The van der Waals surface area contributed by atoms with Gasteiger partial charge in [-0.05, 0) is 37.1 Å². The molecule has 0 radical (unpaired) electrons. The van der Waals surface area contributed by atoms with Gasteiger partial charge in [0, 0.05) is 34.8 Å². The zero-order valence-electron chi connectivity index (χ0n) is 17.3. The van der Waals surface area contributed by atoms with Crippen LogP contribution in [0.15, 0.2) is 54.2 Å². The van der Waals surface area contributed by atoms with Gasteiger partial charge in [0.1, 0.15) is 10.7 Å². The number of thiazole rings is 1. The van der Waals surface area contributed by atoms with Gasteiger partial charge in [0.2, 0.25) is 5.69 Å².